The Bertz CT molecular complexity index is 1210. The van der Waals surface area contributed by atoms with Crippen molar-refractivity contribution in [3.05, 3.63) is 76.5 Å². The van der Waals surface area contributed by atoms with Crippen LogP contribution < -0.4 is 10.1 Å². The molecule has 2 amide bonds. The van der Waals surface area contributed by atoms with E-state index in [-0.39, 0.29) is 23.8 Å². The molecule has 3 aromatic rings. The normalized spacial score (nSPS) is 17.0. The van der Waals surface area contributed by atoms with Gasteiger partial charge in [0.25, 0.3) is 0 Å². The van der Waals surface area contributed by atoms with Gasteiger partial charge in [0.2, 0.25) is 11.8 Å². The second-order valence-electron chi connectivity index (χ2n) is 7.33. The van der Waals surface area contributed by atoms with Gasteiger partial charge in [0, 0.05) is 17.0 Å². The van der Waals surface area contributed by atoms with E-state index in [1.54, 1.807) is 47.6 Å². The number of nitrogens with one attached hydrogen (secondary N) is 1. The third kappa shape index (κ3) is 5.64. The smallest absolute Gasteiger partial charge is 0.335 e. The number of aliphatic imine (C=N–C) groups is 1. The minimum atomic E-state index is -1.04. The fourth-order valence-corrected chi connectivity index (χ4v) is 5.03. The highest BCUT2D eigenvalue weighted by molar-refractivity contribution is 8.15. The third-order valence-corrected chi connectivity index (χ3v) is 7.07. The summed E-state index contributed by atoms with van der Waals surface area (Å²) in [6.45, 7) is 0.378. The largest absolute Gasteiger partial charge is 0.497 e. The summed E-state index contributed by atoms with van der Waals surface area (Å²) in [5, 5.41) is 13.5. The van der Waals surface area contributed by atoms with Gasteiger partial charge in [-0.15, -0.1) is 11.3 Å². The zero-order valence-electron chi connectivity index (χ0n) is 18.1. The molecule has 2 heterocycles. The van der Waals surface area contributed by atoms with Crippen LogP contribution in [-0.2, 0) is 16.1 Å². The Hall–Kier alpha value is -3.63. The van der Waals surface area contributed by atoms with Crippen molar-refractivity contribution < 1.29 is 24.2 Å². The second kappa shape index (κ2) is 10.5. The number of carboxylic acids is 1. The molecule has 0 unspecified atom stereocenters. The fourth-order valence-electron chi connectivity index (χ4n) is 3.24. The molecule has 1 atom stereocenters. The number of hydrogen-bond acceptors (Lipinski definition) is 7. The third-order valence-electron chi connectivity index (χ3n) is 5.02. The highest BCUT2D eigenvalue weighted by Crippen LogP contribution is 2.32. The van der Waals surface area contributed by atoms with E-state index in [1.807, 2.05) is 17.5 Å². The van der Waals surface area contributed by atoms with Crippen molar-refractivity contribution in [2.45, 2.75) is 18.2 Å². The van der Waals surface area contributed by atoms with Gasteiger partial charge in [-0.1, -0.05) is 17.8 Å². The van der Waals surface area contributed by atoms with Crippen LogP contribution in [0.25, 0.3) is 0 Å². The standard InChI is InChI=1S/C24H21N3O5S2/c1-32-18-10-8-17(9-11-18)26-24-27(14-19-3-2-12-33-19)21(28)13-20(34-24)22(29)25-16-6-4-15(5-7-16)23(30)31/h2-12,20H,13-14H2,1H3,(H,25,29)(H,30,31)/t20-/m0/s1. The maximum absolute atomic E-state index is 13.1. The van der Waals surface area contributed by atoms with Gasteiger partial charge in [-0.25, -0.2) is 9.79 Å². The van der Waals surface area contributed by atoms with Crippen LogP contribution in [-0.4, -0.2) is 45.3 Å². The number of aromatic carboxylic acids is 1. The van der Waals surface area contributed by atoms with E-state index in [0.29, 0.717) is 28.8 Å². The molecular formula is C24H21N3O5S2. The molecule has 10 heteroatoms. The minimum absolute atomic E-state index is 0.0245. The van der Waals surface area contributed by atoms with Crippen molar-refractivity contribution in [3.63, 3.8) is 0 Å². The first-order chi connectivity index (χ1) is 16.4. The molecule has 2 aromatic carbocycles. The van der Waals surface area contributed by atoms with E-state index in [4.69, 9.17) is 9.84 Å². The monoisotopic (exact) mass is 495 g/mol. The number of anilines is 1. The quantitative estimate of drug-likeness (QED) is 0.495. The number of amides is 2. The number of methoxy groups -OCH3 is 1. The molecule has 0 radical (unpaired) electrons. The Kier molecular flexibility index (Phi) is 7.29. The molecular weight excluding hydrogens is 474 g/mol. The predicted octanol–water partition coefficient (Wildman–Crippen LogP) is 4.62. The number of carboxylic acid groups (broad SMARTS) is 1. The topological polar surface area (TPSA) is 108 Å². The molecule has 1 saturated heterocycles. The summed E-state index contributed by atoms with van der Waals surface area (Å²) >= 11 is 2.78. The molecule has 1 fully saturated rings. The molecule has 1 aliphatic heterocycles. The van der Waals surface area contributed by atoms with Gasteiger partial charge in [-0.3, -0.25) is 14.5 Å². The minimum Gasteiger partial charge on any atom is -0.497 e. The molecule has 1 aliphatic rings. The number of thiophene rings is 1. The van der Waals surface area contributed by atoms with Crippen LogP contribution in [0, 0.1) is 0 Å². The number of thioether (sulfide) groups is 1. The summed E-state index contributed by atoms with van der Waals surface area (Å²) < 4.78 is 5.19. The Morgan fingerprint density at radius 3 is 2.50 bits per heavy atom. The van der Waals surface area contributed by atoms with Crippen molar-refractivity contribution in [3.8, 4) is 5.75 Å². The van der Waals surface area contributed by atoms with Gasteiger partial charge in [-0.2, -0.15) is 0 Å². The van der Waals surface area contributed by atoms with Crippen LogP contribution in [0.2, 0.25) is 0 Å². The van der Waals surface area contributed by atoms with Gasteiger partial charge in [0.05, 0.1) is 24.9 Å². The van der Waals surface area contributed by atoms with Crippen LogP contribution in [0.4, 0.5) is 11.4 Å². The van der Waals surface area contributed by atoms with Crippen molar-refractivity contribution in [2.75, 3.05) is 12.4 Å². The molecule has 174 valence electrons. The molecule has 2 N–H and O–H groups in total. The lowest BCUT2D eigenvalue weighted by Crippen LogP contribution is -2.44. The average Bonchev–Trinajstić information content (AvgIpc) is 3.35. The SMILES string of the molecule is COc1ccc(N=C2S[C@H](C(=O)Nc3ccc(C(=O)O)cc3)CC(=O)N2Cc2cccs2)cc1. The lowest BCUT2D eigenvalue weighted by atomic mass is 10.2. The molecule has 4 rings (SSSR count). The fraction of sp³-hybridized carbons (Fsp3) is 0.167. The lowest BCUT2D eigenvalue weighted by molar-refractivity contribution is -0.129. The van der Waals surface area contributed by atoms with Crippen LogP contribution in [0.15, 0.2) is 71.0 Å². The summed E-state index contributed by atoms with van der Waals surface area (Å²) in [6.07, 6.45) is 0.0245. The number of hydrogen-bond donors (Lipinski definition) is 2. The lowest BCUT2D eigenvalue weighted by Gasteiger charge is -2.31. The van der Waals surface area contributed by atoms with Crippen LogP contribution >= 0.6 is 23.1 Å². The Morgan fingerprint density at radius 1 is 1.15 bits per heavy atom. The van der Waals surface area contributed by atoms with Gasteiger partial charge in [-0.05, 0) is 60.0 Å². The number of nitrogens with zero attached hydrogens (tertiary/aromatic N) is 2. The van der Waals surface area contributed by atoms with Crippen molar-refractivity contribution in [1.29, 1.82) is 0 Å². The molecule has 0 saturated carbocycles. The summed E-state index contributed by atoms with van der Waals surface area (Å²) in [4.78, 5) is 44.3. The number of amidine groups is 1. The Labute approximate surface area is 204 Å². The number of ether oxygens (including phenoxy) is 1. The average molecular weight is 496 g/mol. The summed E-state index contributed by atoms with van der Waals surface area (Å²) in [7, 11) is 1.58. The molecule has 0 aliphatic carbocycles. The molecule has 0 spiro atoms. The highest BCUT2D eigenvalue weighted by atomic mass is 32.2. The molecule has 0 bridgehead atoms. The summed E-state index contributed by atoms with van der Waals surface area (Å²) in [5.74, 6) is -0.894. The van der Waals surface area contributed by atoms with Crippen LogP contribution in [0.1, 0.15) is 21.7 Å². The number of carbonyl (C=O) groups is 3. The van der Waals surface area contributed by atoms with Gasteiger partial charge in [0.15, 0.2) is 5.17 Å². The predicted molar refractivity (Wildman–Crippen MR) is 133 cm³/mol. The van der Waals surface area contributed by atoms with Gasteiger partial charge < -0.3 is 15.2 Å². The first-order valence-electron chi connectivity index (χ1n) is 10.3. The van der Waals surface area contributed by atoms with E-state index in [1.165, 1.54) is 36.0 Å². The molecule has 34 heavy (non-hydrogen) atoms. The van der Waals surface area contributed by atoms with E-state index >= 15 is 0 Å². The number of carbonyl (C=O) groups excluding carboxylic acids is 2. The highest BCUT2D eigenvalue weighted by Gasteiger charge is 2.36. The van der Waals surface area contributed by atoms with E-state index in [2.05, 4.69) is 10.3 Å². The van der Waals surface area contributed by atoms with E-state index in [9.17, 15) is 14.4 Å². The second-order valence-corrected chi connectivity index (χ2v) is 9.54. The zero-order valence-corrected chi connectivity index (χ0v) is 19.8. The number of benzene rings is 2. The Balaban J connectivity index is 1.55. The van der Waals surface area contributed by atoms with Crippen LogP contribution in [0.3, 0.4) is 0 Å². The van der Waals surface area contributed by atoms with Gasteiger partial charge in [0.1, 0.15) is 11.0 Å². The molecule has 8 nitrogen and oxygen atoms in total. The van der Waals surface area contributed by atoms with Crippen molar-refractivity contribution in [2.24, 2.45) is 4.99 Å². The van der Waals surface area contributed by atoms with Crippen LogP contribution in [0.5, 0.6) is 5.75 Å². The maximum atomic E-state index is 13.1. The van der Waals surface area contributed by atoms with E-state index < -0.39 is 11.2 Å². The zero-order chi connectivity index (χ0) is 24.1. The summed E-state index contributed by atoms with van der Waals surface area (Å²) in [6, 6.07) is 16.9. The maximum Gasteiger partial charge on any atom is 0.335 e. The number of rotatable bonds is 7. The summed E-state index contributed by atoms with van der Waals surface area (Å²) in [5.41, 5.74) is 1.22. The molecule has 1 aromatic heterocycles. The van der Waals surface area contributed by atoms with Crippen molar-refractivity contribution >= 4 is 57.4 Å². The first kappa shape index (κ1) is 23.5. The van der Waals surface area contributed by atoms with Crippen molar-refractivity contribution in [1.82, 2.24) is 4.90 Å². The van der Waals surface area contributed by atoms with Gasteiger partial charge >= 0.3 is 5.97 Å². The first-order valence-corrected chi connectivity index (χ1v) is 12.1. The van der Waals surface area contributed by atoms with E-state index in [0.717, 1.165) is 4.88 Å². The Morgan fingerprint density at radius 2 is 1.88 bits per heavy atom.